The number of hydrogen-bond donors (Lipinski definition) is 1. The second-order valence-electron chi connectivity index (χ2n) is 9.15. The van der Waals surface area contributed by atoms with Gasteiger partial charge in [-0.3, -0.25) is 4.79 Å². The van der Waals surface area contributed by atoms with Gasteiger partial charge in [-0.15, -0.1) is 0 Å². The van der Waals surface area contributed by atoms with Crippen LogP contribution in [-0.4, -0.2) is 30.4 Å². The Morgan fingerprint density at radius 2 is 1.64 bits per heavy atom. The number of ether oxygens (including phenoxy) is 2. The smallest absolute Gasteiger partial charge is 0.237 e. The highest BCUT2D eigenvalue weighted by Crippen LogP contribution is 2.38. The molecule has 2 aromatic heterocycles. The number of aromatic nitrogens is 1. The average molecular weight is 535 g/mol. The molecule has 0 spiro atoms. The van der Waals surface area contributed by atoms with Gasteiger partial charge in [0, 0.05) is 28.3 Å². The number of methoxy groups -OCH3 is 2. The highest BCUT2D eigenvalue weighted by Gasteiger charge is 2.20. The van der Waals surface area contributed by atoms with E-state index in [2.05, 4.69) is 17.4 Å². The number of benzene rings is 4. The Hall–Kier alpha value is -4.49. The molecule has 6 aromatic rings. The number of para-hydroxylation sites is 1. The van der Waals surface area contributed by atoms with Crippen LogP contribution in [0.1, 0.15) is 6.92 Å². The Balaban J connectivity index is 1.31. The first kappa shape index (κ1) is 24.8. The lowest BCUT2D eigenvalue weighted by Gasteiger charge is -2.15. The molecule has 1 unspecified atom stereocenters. The van der Waals surface area contributed by atoms with Gasteiger partial charge in [0.15, 0.2) is 0 Å². The molecule has 0 aliphatic heterocycles. The second-order valence-corrected chi connectivity index (χ2v) is 10.5. The van der Waals surface area contributed by atoms with Gasteiger partial charge in [-0.05, 0) is 48.4 Å². The van der Waals surface area contributed by atoms with Crippen molar-refractivity contribution in [1.29, 1.82) is 0 Å². The molecule has 6 nitrogen and oxygen atoms in total. The quantitative estimate of drug-likeness (QED) is 0.210. The molecule has 0 bridgehead atoms. The fourth-order valence-corrected chi connectivity index (χ4v) is 5.58. The Morgan fingerprint density at radius 1 is 0.846 bits per heavy atom. The molecule has 7 heteroatoms. The van der Waals surface area contributed by atoms with Gasteiger partial charge in [-0.25, -0.2) is 4.98 Å². The standard InChI is InChI=1S/C32H26N2O4S/c1-19(32(35)34-27-18-29-25(16-30(27)37-3)23-11-7-8-12-28(23)38-29)39-31-17-24(20-9-5-4-6-10-20)22-14-13-21(36-2)15-26(22)33-31/h4-19H,1-3H3,(H,34,35). The molecule has 6 rings (SSSR count). The minimum atomic E-state index is -0.430. The molecule has 1 N–H and O–H groups in total. The van der Waals surface area contributed by atoms with Crippen molar-refractivity contribution < 1.29 is 18.7 Å². The molecule has 0 saturated heterocycles. The van der Waals surface area contributed by atoms with Crippen molar-refractivity contribution in [3.05, 3.63) is 91.0 Å². The minimum absolute atomic E-state index is 0.164. The first-order valence-electron chi connectivity index (χ1n) is 12.5. The van der Waals surface area contributed by atoms with Crippen LogP contribution in [0.4, 0.5) is 5.69 Å². The van der Waals surface area contributed by atoms with E-state index >= 15 is 0 Å². The number of nitrogens with one attached hydrogen (secondary N) is 1. The molecule has 39 heavy (non-hydrogen) atoms. The SMILES string of the molecule is COc1ccc2c(-c3ccccc3)cc(SC(C)C(=O)Nc3cc4oc5ccccc5c4cc3OC)nc2c1. The minimum Gasteiger partial charge on any atom is -0.497 e. The molecule has 0 fully saturated rings. The summed E-state index contributed by atoms with van der Waals surface area (Å²) in [5.74, 6) is 1.14. The molecular formula is C32H26N2O4S. The summed E-state index contributed by atoms with van der Waals surface area (Å²) in [6.07, 6.45) is 0. The highest BCUT2D eigenvalue weighted by molar-refractivity contribution is 8.00. The number of anilines is 1. The van der Waals surface area contributed by atoms with Crippen LogP contribution < -0.4 is 14.8 Å². The Labute approximate surface area is 229 Å². The van der Waals surface area contributed by atoms with Crippen LogP contribution in [0.2, 0.25) is 0 Å². The van der Waals surface area contributed by atoms with E-state index in [0.717, 1.165) is 49.2 Å². The number of carbonyl (C=O) groups is 1. The number of amides is 1. The molecular weight excluding hydrogens is 508 g/mol. The lowest BCUT2D eigenvalue weighted by molar-refractivity contribution is -0.115. The number of rotatable bonds is 7. The third-order valence-corrected chi connectivity index (χ3v) is 7.72. The van der Waals surface area contributed by atoms with Crippen molar-refractivity contribution in [2.75, 3.05) is 19.5 Å². The zero-order valence-corrected chi connectivity index (χ0v) is 22.5. The number of thioether (sulfide) groups is 1. The van der Waals surface area contributed by atoms with Crippen LogP contribution in [-0.2, 0) is 4.79 Å². The molecule has 0 radical (unpaired) electrons. The van der Waals surface area contributed by atoms with Crippen LogP contribution in [0.3, 0.4) is 0 Å². The number of hydrogen-bond acceptors (Lipinski definition) is 6. The third-order valence-electron chi connectivity index (χ3n) is 6.70. The highest BCUT2D eigenvalue weighted by atomic mass is 32.2. The van der Waals surface area contributed by atoms with E-state index in [1.807, 2.05) is 85.8 Å². The van der Waals surface area contributed by atoms with E-state index in [1.165, 1.54) is 11.8 Å². The van der Waals surface area contributed by atoms with Gasteiger partial charge in [0.25, 0.3) is 0 Å². The summed E-state index contributed by atoms with van der Waals surface area (Å²) in [6.45, 7) is 1.87. The summed E-state index contributed by atoms with van der Waals surface area (Å²) in [4.78, 5) is 18.2. The molecule has 0 aliphatic carbocycles. The van der Waals surface area contributed by atoms with E-state index in [0.29, 0.717) is 17.0 Å². The number of pyridine rings is 1. The maximum atomic E-state index is 13.3. The van der Waals surface area contributed by atoms with Crippen molar-refractivity contribution in [2.24, 2.45) is 0 Å². The Kier molecular flexibility index (Phi) is 6.59. The van der Waals surface area contributed by atoms with E-state index < -0.39 is 5.25 Å². The summed E-state index contributed by atoms with van der Waals surface area (Å²) in [5, 5.41) is 6.30. The monoisotopic (exact) mass is 534 g/mol. The van der Waals surface area contributed by atoms with Gasteiger partial charge in [0.2, 0.25) is 5.91 Å². The van der Waals surface area contributed by atoms with Gasteiger partial charge in [0.05, 0.1) is 35.7 Å². The number of carbonyl (C=O) groups excluding carboxylic acids is 1. The van der Waals surface area contributed by atoms with Crippen LogP contribution >= 0.6 is 11.8 Å². The number of nitrogens with zero attached hydrogens (tertiary/aromatic N) is 1. The lowest BCUT2D eigenvalue weighted by Crippen LogP contribution is -2.22. The number of furan rings is 1. The summed E-state index contributed by atoms with van der Waals surface area (Å²) >= 11 is 1.40. The van der Waals surface area contributed by atoms with Crippen LogP contribution in [0, 0.1) is 0 Å². The fourth-order valence-electron chi connectivity index (χ4n) is 4.71. The molecule has 4 aromatic carbocycles. The van der Waals surface area contributed by atoms with Crippen molar-refractivity contribution >= 4 is 56.2 Å². The molecule has 1 atom stereocenters. The van der Waals surface area contributed by atoms with E-state index in [-0.39, 0.29) is 5.91 Å². The second kappa shape index (κ2) is 10.3. The molecule has 2 heterocycles. The van der Waals surface area contributed by atoms with Gasteiger partial charge in [-0.2, -0.15) is 0 Å². The largest absolute Gasteiger partial charge is 0.497 e. The first-order valence-corrected chi connectivity index (χ1v) is 13.4. The van der Waals surface area contributed by atoms with Gasteiger partial charge in [-0.1, -0.05) is 60.3 Å². The third kappa shape index (κ3) is 4.77. The van der Waals surface area contributed by atoms with Gasteiger partial charge >= 0.3 is 0 Å². The normalized spacial score (nSPS) is 12.1. The molecule has 1 amide bonds. The number of fused-ring (bicyclic) bond motifs is 4. The van der Waals surface area contributed by atoms with E-state index in [1.54, 1.807) is 14.2 Å². The summed E-state index contributed by atoms with van der Waals surface area (Å²) in [5.41, 5.74) is 4.97. The van der Waals surface area contributed by atoms with Crippen LogP contribution in [0.5, 0.6) is 11.5 Å². The zero-order chi connectivity index (χ0) is 26.9. The average Bonchev–Trinajstić information content (AvgIpc) is 3.33. The fraction of sp³-hybridized carbons (Fsp3) is 0.125. The van der Waals surface area contributed by atoms with Crippen molar-refractivity contribution in [1.82, 2.24) is 4.98 Å². The molecule has 194 valence electrons. The Morgan fingerprint density at radius 3 is 2.44 bits per heavy atom. The van der Waals surface area contributed by atoms with Gasteiger partial charge in [0.1, 0.15) is 22.7 Å². The summed E-state index contributed by atoms with van der Waals surface area (Å²) < 4.78 is 17.1. The van der Waals surface area contributed by atoms with Crippen molar-refractivity contribution in [2.45, 2.75) is 17.2 Å². The first-order chi connectivity index (χ1) is 19.0. The maximum absolute atomic E-state index is 13.3. The lowest BCUT2D eigenvalue weighted by atomic mass is 10.0. The summed E-state index contributed by atoms with van der Waals surface area (Å²) in [6, 6.07) is 29.6. The van der Waals surface area contributed by atoms with Crippen LogP contribution in [0.15, 0.2) is 100 Å². The summed E-state index contributed by atoms with van der Waals surface area (Å²) in [7, 11) is 3.23. The molecule has 0 saturated carbocycles. The van der Waals surface area contributed by atoms with Crippen LogP contribution in [0.25, 0.3) is 44.0 Å². The topological polar surface area (TPSA) is 73.6 Å². The van der Waals surface area contributed by atoms with Gasteiger partial charge < -0.3 is 19.2 Å². The molecule has 0 aliphatic rings. The predicted molar refractivity (Wildman–Crippen MR) is 158 cm³/mol. The predicted octanol–water partition coefficient (Wildman–Crippen LogP) is 7.94. The zero-order valence-electron chi connectivity index (χ0n) is 21.7. The van der Waals surface area contributed by atoms with E-state index in [4.69, 9.17) is 18.9 Å². The van der Waals surface area contributed by atoms with Crippen molar-refractivity contribution in [3.8, 4) is 22.6 Å². The van der Waals surface area contributed by atoms with E-state index in [9.17, 15) is 4.79 Å². The van der Waals surface area contributed by atoms with Crippen molar-refractivity contribution in [3.63, 3.8) is 0 Å². The Bertz CT molecular complexity index is 1830. The maximum Gasteiger partial charge on any atom is 0.237 e.